The standard InChI is InChI=1S/C19H29NO/c1-12-9-14-13(2)16(11-20-19(6,7)8)21-17(14)15(10-12)18(3,4)5/h9-10,20H,11H2,1-8H3. The quantitative estimate of drug-likeness (QED) is 0.817. The summed E-state index contributed by atoms with van der Waals surface area (Å²) in [6.07, 6.45) is 0. The predicted octanol–water partition coefficient (Wildman–Crippen LogP) is 5.24. The fourth-order valence-electron chi connectivity index (χ4n) is 2.58. The van der Waals surface area contributed by atoms with Gasteiger partial charge in [0, 0.05) is 16.5 Å². The first-order chi connectivity index (χ1) is 9.49. The highest BCUT2D eigenvalue weighted by Gasteiger charge is 2.22. The molecule has 1 aromatic heterocycles. The molecule has 1 N–H and O–H groups in total. The molecule has 0 unspecified atom stereocenters. The monoisotopic (exact) mass is 287 g/mol. The second-order valence-electron chi connectivity index (χ2n) is 8.19. The topological polar surface area (TPSA) is 25.2 Å². The van der Waals surface area contributed by atoms with Crippen LogP contribution in [0, 0.1) is 13.8 Å². The molecule has 0 atom stereocenters. The highest BCUT2D eigenvalue weighted by molar-refractivity contribution is 5.86. The van der Waals surface area contributed by atoms with E-state index >= 15 is 0 Å². The van der Waals surface area contributed by atoms with Crippen molar-refractivity contribution in [3.8, 4) is 0 Å². The minimum atomic E-state index is 0.0866. The number of nitrogens with one attached hydrogen (secondary N) is 1. The predicted molar refractivity (Wildman–Crippen MR) is 91.0 cm³/mol. The average molecular weight is 287 g/mol. The number of rotatable bonds is 2. The fraction of sp³-hybridized carbons (Fsp3) is 0.579. The van der Waals surface area contributed by atoms with Crippen LogP contribution < -0.4 is 5.32 Å². The normalized spacial score (nSPS) is 13.1. The Morgan fingerprint density at radius 1 is 1.00 bits per heavy atom. The van der Waals surface area contributed by atoms with Crippen LogP contribution in [0.4, 0.5) is 0 Å². The van der Waals surface area contributed by atoms with Gasteiger partial charge in [0.05, 0.1) is 6.54 Å². The first kappa shape index (κ1) is 16.1. The van der Waals surface area contributed by atoms with E-state index in [0.29, 0.717) is 0 Å². The molecular formula is C19H29NO. The number of furan rings is 1. The van der Waals surface area contributed by atoms with Crippen LogP contribution in [0.3, 0.4) is 0 Å². The van der Waals surface area contributed by atoms with Gasteiger partial charge in [0.1, 0.15) is 11.3 Å². The lowest BCUT2D eigenvalue weighted by Crippen LogP contribution is -2.35. The van der Waals surface area contributed by atoms with Crippen molar-refractivity contribution >= 4 is 11.0 Å². The van der Waals surface area contributed by atoms with E-state index in [-0.39, 0.29) is 11.0 Å². The summed E-state index contributed by atoms with van der Waals surface area (Å²) < 4.78 is 6.24. The van der Waals surface area contributed by atoms with Crippen LogP contribution in [0.25, 0.3) is 11.0 Å². The highest BCUT2D eigenvalue weighted by atomic mass is 16.3. The van der Waals surface area contributed by atoms with Crippen molar-refractivity contribution in [3.05, 3.63) is 34.6 Å². The van der Waals surface area contributed by atoms with E-state index in [0.717, 1.165) is 17.9 Å². The van der Waals surface area contributed by atoms with E-state index in [2.05, 4.69) is 72.8 Å². The Morgan fingerprint density at radius 3 is 2.14 bits per heavy atom. The van der Waals surface area contributed by atoms with E-state index in [1.54, 1.807) is 0 Å². The van der Waals surface area contributed by atoms with Crippen LogP contribution in [0.15, 0.2) is 16.5 Å². The number of benzene rings is 1. The summed E-state index contributed by atoms with van der Waals surface area (Å²) in [6, 6.07) is 4.50. The van der Waals surface area contributed by atoms with Gasteiger partial charge < -0.3 is 9.73 Å². The van der Waals surface area contributed by atoms with Gasteiger partial charge in [0.25, 0.3) is 0 Å². The molecule has 0 aliphatic carbocycles. The molecule has 2 rings (SSSR count). The number of fused-ring (bicyclic) bond motifs is 1. The molecule has 0 amide bonds. The van der Waals surface area contributed by atoms with Gasteiger partial charge in [-0.05, 0) is 57.2 Å². The SMILES string of the molecule is Cc1cc(C(C)(C)C)c2oc(CNC(C)(C)C)c(C)c2c1. The highest BCUT2D eigenvalue weighted by Crippen LogP contribution is 2.35. The van der Waals surface area contributed by atoms with Gasteiger partial charge >= 0.3 is 0 Å². The van der Waals surface area contributed by atoms with Gasteiger partial charge in [-0.15, -0.1) is 0 Å². The molecule has 0 aliphatic rings. The molecule has 0 saturated heterocycles. The fourth-order valence-corrected chi connectivity index (χ4v) is 2.58. The summed E-state index contributed by atoms with van der Waals surface area (Å²) in [4.78, 5) is 0. The molecule has 0 saturated carbocycles. The van der Waals surface area contributed by atoms with E-state index in [4.69, 9.17) is 4.42 Å². The molecule has 0 spiro atoms. The van der Waals surface area contributed by atoms with Crippen molar-refractivity contribution in [1.82, 2.24) is 5.32 Å². The Labute approximate surface area is 128 Å². The van der Waals surface area contributed by atoms with Crippen LogP contribution in [-0.4, -0.2) is 5.54 Å². The molecule has 0 aliphatic heterocycles. The Morgan fingerprint density at radius 2 is 1.62 bits per heavy atom. The summed E-state index contributed by atoms with van der Waals surface area (Å²) in [5, 5.41) is 4.77. The summed E-state index contributed by atoms with van der Waals surface area (Å²) in [5.74, 6) is 1.05. The maximum atomic E-state index is 6.24. The van der Waals surface area contributed by atoms with Crippen molar-refractivity contribution in [3.63, 3.8) is 0 Å². The number of aryl methyl sites for hydroxylation is 2. The Balaban J connectivity index is 2.55. The molecule has 116 valence electrons. The molecule has 21 heavy (non-hydrogen) atoms. The smallest absolute Gasteiger partial charge is 0.138 e. The summed E-state index contributed by atoms with van der Waals surface area (Å²) >= 11 is 0. The molecule has 0 radical (unpaired) electrons. The lowest BCUT2D eigenvalue weighted by Gasteiger charge is -2.20. The van der Waals surface area contributed by atoms with E-state index in [1.165, 1.54) is 22.1 Å². The lowest BCUT2D eigenvalue weighted by atomic mass is 9.85. The molecule has 0 bridgehead atoms. The van der Waals surface area contributed by atoms with Crippen molar-refractivity contribution in [2.24, 2.45) is 0 Å². The molecule has 1 heterocycles. The van der Waals surface area contributed by atoms with Gasteiger partial charge in [-0.3, -0.25) is 0 Å². The lowest BCUT2D eigenvalue weighted by molar-refractivity contribution is 0.393. The van der Waals surface area contributed by atoms with Crippen LogP contribution in [0.2, 0.25) is 0 Å². The third-order valence-corrected chi connectivity index (χ3v) is 3.87. The Bertz CT molecular complexity index is 651. The van der Waals surface area contributed by atoms with E-state index in [1.807, 2.05) is 0 Å². The van der Waals surface area contributed by atoms with Gasteiger partial charge in [-0.2, -0.15) is 0 Å². The molecule has 1 aromatic carbocycles. The Kier molecular flexibility index (Phi) is 3.96. The molecular weight excluding hydrogens is 258 g/mol. The zero-order valence-corrected chi connectivity index (χ0v) is 14.8. The van der Waals surface area contributed by atoms with Crippen LogP contribution in [-0.2, 0) is 12.0 Å². The van der Waals surface area contributed by atoms with Gasteiger partial charge in [0.2, 0.25) is 0 Å². The van der Waals surface area contributed by atoms with Crippen molar-refractivity contribution in [2.75, 3.05) is 0 Å². The number of hydrogen-bond acceptors (Lipinski definition) is 2. The molecule has 2 nitrogen and oxygen atoms in total. The third kappa shape index (κ3) is 3.49. The molecule has 2 aromatic rings. The van der Waals surface area contributed by atoms with Crippen molar-refractivity contribution < 1.29 is 4.42 Å². The van der Waals surface area contributed by atoms with E-state index in [9.17, 15) is 0 Å². The summed E-state index contributed by atoms with van der Waals surface area (Å²) in [5.41, 5.74) is 5.08. The van der Waals surface area contributed by atoms with Crippen LogP contribution in [0.5, 0.6) is 0 Å². The first-order valence-corrected chi connectivity index (χ1v) is 7.77. The maximum absolute atomic E-state index is 6.24. The zero-order chi connectivity index (χ0) is 16.0. The summed E-state index contributed by atoms with van der Waals surface area (Å²) in [6.45, 7) is 18.4. The third-order valence-electron chi connectivity index (χ3n) is 3.87. The number of hydrogen-bond donors (Lipinski definition) is 1. The van der Waals surface area contributed by atoms with Gasteiger partial charge in [-0.25, -0.2) is 0 Å². The van der Waals surface area contributed by atoms with Crippen molar-refractivity contribution in [1.29, 1.82) is 0 Å². The average Bonchev–Trinajstić information content (AvgIpc) is 2.61. The van der Waals surface area contributed by atoms with Gasteiger partial charge in [-0.1, -0.05) is 26.8 Å². The maximum Gasteiger partial charge on any atom is 0.138 e. The minimum absolute atomic E-state index is 0.0866. The summed E-state index contributed by atoms with van der Waals surface area (Å²) in [7, 11) is 0. The minimum Gasteiger partial charge on any atom is -0.459 e. The molecule has 0 fully saturated rings. The van der Waals surface area contributed by atoms with E-state index < -0.39 is 0 Å². The zero-order valence-electron chi connectivity index (χ0n) is 14.8. The van der Waals surface area contributed by atoms with Crippen molar-refractivity contribution in [2.45, 2.75) is 72.9 Å². The van der Waals surface area contributed by atoms with Crippen LogP contribution in [0.1, 0.15) is 64.0 Å². The van der Waals surface area contributed by atoms with Gasteiger partial charge in [0.15, 0.2) is 0 Å². The first-order valence-electron chi connectivity index (χ1n) is 7.77. The molecule has 2 heteroatoms. The second-order valence-corrected chi connectivity index (χ2v) is 8.19. The Hall–Kier alpha value is -1.28. The largest absolute Gasteiger partial charge is 0.459 e. The second kappa shape index (κ2) is 5.17. The van der Waals surface area contributed by atoms with Crippen LogP contribution >= 0.6 is 0 Å².